The summed E-state index contributed by atoms with van der Waals surface area (Å²) in [5.74, 6) is 0.945. The Kier molecular flexibility index (Phi) is 6.84. The molecule has 0 bridgehead atoms. The fourth-order valence-corrected chi connectivity index (χ4v) is 3.47. The lowest BCUT2D eigenvalue weighted by Gasteiger charge is -2.38. The van der Waals surface area contributed by atoms with E-state index in [-0.39, 0.29) is 24.5 Å². The molecule has 1 aliphatic carbocycles. The smallest absolute Gasteiger partial charge is 0.248 e. The number of carbonyl (C=O) groups is 2. The minimum atomic E-state index is -0.131. The number of piperazine rings is 1. The Labute approximate surface area is 139 Å². The second-order valence-electron chi connectivity index (χ2n) is 6.99. The zero-order valence-electron chi connectivity index (χ0n) is 14.7. The molecule has 2 fully saturated rings. The maximum absolute atomic E-state index is 12.5. The van der Waals surface area contributed by atoms with Crippen molar-refractivity contribution >= 4 is 11.8 Å². The molecule has 132 valence electrons. The van der Waals surface area contributed by atoms with Crippen molar-refractivity contribution in [2.75, 3.05) is 39.9 Å². The minimum Gasteiger partial charge on any atom is -0.375 e. The lowest BCUT2D eigenvalue weighted by molar-refractivity contribution is -0.137. The van der Waals surface area contributed by atoms with Gasteiger partial charge in [0.1, 0.15) is 6.61 Å². The van der Waals surface area contributed by atoms with Gasteiger partial charge in [0.2, 0.25) is 11.8 Å². The van der Waals surface area contributed by atoms with Crippen LogP contribution in [0.5, 0.6) is 0 Å². The fourth-order valence-electron chi connectivity index (χ4n) is 3.47. The Balaban J connectivity index is 1.74. The third-order valence-electron chi connectivity index (χ3n) is 5.22. The number of rotatable bonds is 5. The maximum atomic E-state index is 12.5. The molecule has 2 amide bonds. The van der Waals surface area contributed by atoms with Crippen molar-refractivity contribution in [2.45, 2.75) is 51.6 Å². The van der Waals surface area contributed by atoms with Crippen LogP contribution in [0.1, 0.15) is 39.5 Å². The first-order valence-corrected chi connectivity index (χ1v) is 8.82. The first-order chi connectivity index (χ1) is 11.0. The molecular formula is C17H31N3O3. The third kappa shape index (κ3) is 5.18. The molecule has 6 heteroatoms. The van der Waals surface area contributed by atoms with Gasteiger partial charge in [0, 0.05) is 39.3 Å². The molecule has 0 aromatic heterocycles. The van der Waals surface area contributed by atoms with Gasteiger partial charge in [-0.05, 0) is 38.5 Å². The zero-order chi connectivity index (χ0) is 16.8. The lowest BCUT2D eigenvalue weighted by Crippen LogP contribution is -2.56. The highest BCUT2D eigenvalue weighted by atomic mass is 16.5. The highest BCUT2D eigenvalue weighted by Gasteiger charge is 2.29. The topological polar surface area (TPSA) is 61.9 Å². The highest BCUT2D eigenvalue weighted by molar-refractivity contribution is 5.81. The quantitative estimate of drug-likeness (QED) is 0.814. The van der Waals surface area contributed by atoms with Crippen LogP contribution in [0.2, 0.25) is 0 Å². The van der Waals surface area contributed by atoms with Crippen LogP contribution in [0.15, 0.2) is 0 Å². The molecule has 1 unspecified atom stereocenters. The van der Waals surface area contributed by atoms with Crippen molar-refractivity contribution in [3.63, 3.8) is 0 Å². The van der Waals surface area contributed by atoms with Crippen molar-refractivity contribution in [3.8, 4) is 0 Å². The second-order valence-corrected chi connectivity index (χ2v) is 6.99. The number of ether oxygens (including phenoxy) is 1. The molecule has 1 aliphatic heterocycles. The summed E-state index contributed by atoms with van der Waals surface area (Å²) >= 11 is 0. The second kappa shape index (κ2) is 8.64. The zero-order valence-corrected chi connectivity index (χ0v) is 14.7. The Morgan fingerprint density at radius 1 is 1.13 bits per heavy atom. The monoisotopic (exact) mass is 325 g/mol. The van der Waals surface area contributed by atoms with Crippen molar-refractivity contribution in [1.29, 1.82) is 0 Å². The normalized spacial score (nSPS) is 27.5. The molecular weight excluding hydrogens is 294 g/mol. The summed E-state index contributed by atoms with van der Waals surface area (Å²) in [6, 6.07) is 0.208. The molecule has 23 heavy (non-hydrogen) atoms. The molecule has 0 aromatic rings. The average molecular weight is 325 g/mol. The number of nitrogens with zero attached hydrogens (tertiary/aromatic N) is 2. The van der Waals surface area contributed by atoms with E-state index in [0.717, 1.165) is 31.8 Å². The van der Waals surface area contributed by atoms with Crippen LogP contribution in [0, 0.1) is 5.92 Å². The van der Waals surface area contributed by atoms with E-state index in [1.54, 1.807) is 0 Å². The van der Waals surface area contributed by atoms with Gasteiger partial charge in [-0.15, -0.1) is 0 Å². The Bertz CT molecular complexity index is 400. The van der Waals surface area contributed by atoms with Gasteiger partial charge < -0.3 is 15.0 Å². The molecule has 1 N–H and O–H groups in total. The Hall–Kier alpha value is -1.14. The van der Waals surface area contributed by atoms with Gasteiger partial charge in [0.05, 0.1) is 6.04 Å². The van der Waals surface area contributed by atoms with Gasteiger partial charge >= 0.3 is 0 Å². The van der Waals surface area contributed by atoms with Gasteiger partial charge in [-0.25, -0.2) is 0 Å². The molecule has 0 aromatic carbocycles. The van der Waals surface area contributed by atoms with Crippen molar-refractivity contribution in [3.05, 3.63) is 0 Å². The molecule has 2 aliphatic rings. The summed E-state index contributed by atoms with van der Waals surface area (Å²) in [5, 5.41) is 3.21. The predicted molar refractivity (Wildman–Crippen MR) is 89.1 cm³/mol. The van der Waals surface area contributed by atoms with E-state index in [1.165, 1.54) is 20.0 Å². The first-order valence-electron chi connectivity index (χ1n) is 8.82. The third-order valence-corrected chi connectivity index (χ3v) is 5.22. The van der Waals surface area contributed by atoms with Crippen LogP contribution in [-0.2, 0) is 14.3 Å². The molecule has 1 heterocycles. The van der Waals surface area contributed by atoms with E-state index in [1.807, 2.05) is 11.8 Å². The minimum absolute atomic E-state index is 0.0283. The van der Waals surface area contributed by atoms with Crippen molar-refractivity contribution in [1.82, 2.24) is 15.1 Å². The van der Waals surface area contributed by atoms with Crippen LogP contribution in [0.4, 0.5) is 0 Å². The summed E-state index contributed by atoms with van der Waals surface area (Å²) in [7, 11) is 1.53. The van der Waals surface area contributed by atoms with Crippen LogP contribution in [-0.4, -0.2) is 73.6 Å². The number of carbonyl (C=O) groups excluding carboxylic acids is 2. The van der Waals surface area contributed by atoms with E-state index in [0.29, 0.717) is 19.1 Å². The number of nitrogens with one attached hydrogen (secondary N) is 1. The number of amides is 2. The van der Waals surface area contributed by atoms with Crippen molar-refractivity contribution in [2.24, 2.45) is 5.92 Å². The van der Waals surface area contributed by atoms with Crippen LogP contribution in [0.25, 0.3) is 0 Å². The lowest BCUT2D eigenvalue weighted by atomic mass is 9.87. The molecule has 0 radical (unpaired) electrons. The summed E-state index contributed by atoms with van der Waals surface area (Å²) < 4.78 is 4.89. The number of hydrogen-bond donors (Lipinski definition) is 1. The van der Waals surface area contributed by atoms with E-state index < -0.39 is 0 Å². The van der Waals surface area contributed by atoms with Crippen LogP contribution < -0.4 is 5.32 Å². The molecule has 1 saturated heterocycles. The highest BCUT2D eigenvalue weighted by Crippen LogP contribution is 2.23. The van der Waals surface area contributed by atoms with Gasteiger partial charge in [-0.2, -0.15) is 0 Å². The van der Waals surface area contributed by atoms with Crippen molar-refractivity contribution < 1.29 is 14.3 Å². The fraction of sp³-hybridized carbons (Fsp3) is 0.882. The summed E-state index contributed by atoms with van der Waals surface area (Å²) in [5.41, 5.74) is 0. The summed E-state index contributed by atoms with van der Waals surface area (Å²) in [4.78, 5) is 28.2. The Morgan fingerprint density at radius 2 is 1.74 bits per heavy atom. The van der Waals surface area contributed by atoms with Gasteiger partial charge in [-0.3, -0.25) is 14.5 Å². The Morgan fingerprint density at radius 3 is 2.30 bits per heavy atom. The number of hydrogen-bond acceptors (Lipinski definition) is 4. The first kappa shape index (κ1) is 18.2. The van der Waals surface area contributed by atoms with Crippen LogP contribution in [0.3, 0.4) is 0 Å². The average Bonchev–Trinajstić information content (AvgIpc) is 2.56. The maximum Gasteiger partial charge on any atom is 0.248 e. The SMILES string of the molecule is COCC(=O)N1CCN(C(C)C(=O)NC2CCC(C)CC2)CC1. The molecule has 2 rings (SSSR count). The molecule has 1 atom stereocenters. The largest absolute Gasteiger partial charge is 0.375 e. The van der Waals surface area contributed by atoms with E-state index >= 15 is 0 Å². The summed E-state index contributed by atoms with van der Waals surface area (Å²) in [6.45, 7) is 7.20. The molecule has 0 spiro atoms. The van der Waals surface area contributed by atoms with Gasteiger partial charge in [-0.1, -0.05) is 6.92 Å². The standard InChI is InChI=1S/C17H31N3O3/c1-13-4-6-15(7-5-13)18-17(22)14(2)19-8-10-20(11-9-19)16(21)12-23-3/h13-15H,4-12H2,1-3H3,(H,18,22). The predicted octanol–water partition coefficient (Wildman–Crippen LogP) is 0.860. The van der Waals surface area contributed by atoms with E-state index in [4.69, 9.17) is 4.74 Å². The van der Waals surface area contributed by atoms with E-state index in [2.05, 4.69) is 17.1 Å². The van der Waals surface area contributed by atoms with E-state index in [9.17, 15) is 9.59 Å². The molecule has 1 saturated carbocycles. The van der Waals surface area contributed by atoms with Gasteiger partial charge in [0.15, 0.2) is 0 Å². The molecule has 6 nitrogen and oxygen atoms in total. The van der Waals surface area contributed by atoms with Gasteiger partial charge in [0.25, 0.3) is 0 Å². The van der Waals surface area contributed by atoms with Crippen LogP contribution >= 0.6 is 0 Å². The summed E-state index contributed by atoms with van der Waals surface area (Å²) in [6.07, 6.45) is 4.61. The number of methoxy groups -OCH3 is 1.